The average Bonchev–Trinajstić information content (AvgIpc) is 2.84. The third-order valence-electron chi connectivity index (χ3n) is 6.43. The summed E-state index contributed by atoms with van der Waals surface area (Å²) in [5.41, 5.74) is 5.04. The van der Waals surface area contributed by atoms with Gasteiger partial charge in [0.05, 0.1) is 20.7 Å². The van der Waals surface area contributed by atoms with Gasteiger partial charge in [0.15, 0.2) is 0 Å². The Labute approximate surface area is 212 Å². The number of sulfonamides is 1. The van der Waals surface area contributed by atoms with Crippen molar-refractivity contribution in [1.29, 1.82) is 0 Å². The molecule has 6 nitrogen and oxygen atoms in total. The number of hydrogen-bond acceptors (Lipinski definition) is 5. The summed E-state index contributed by atoms with van der Waals surface area (Å²) < 4.78 is 27.3. The van der Waals surface area contributed by atoms with E-state index >= 15 is 0 Å². The summed E-state index contributed by atoms with van der Waals surface area (Å²) in [4.78, 5) is 18.2. The largest absolute Gasteiger partial charge is 0.325 e. The van der Waals surface area contributed by atoms with Gasteiger partial charge in [-0.2, -0.15) is 4.31 Å². The highest BCUT2D eigenvalue weighted by molar-refractivity contribution is 8.00. The van der Waals surface area contributed by atoms with Gasteiger partial charge in [0.25, 0.3) is 0 Å². The van der Waals surface area contributed by atoms with Crippen LogP contribution in [0.5, 0.6) is 0 Å². The number of nitrogens with zero attached hydrogens (tertiary/aromatic N) is 2. The first kappa shape index (κ1) is 25.7. The van der Waals surface area contributed by atoms with Crippen molar-refractivity contribution in [1.82, 2.24) is 9.29 Å². The molecule has 0 saturated carbocycles. The number of amides is 1. The van der Waals surface area contributed by atoms with Crippen LogP contribution in [-0.2, 0) is 14.8 Å². The lowest BCUT2D eigenvalue weighted by Crippen LogP contribution is -2.35. The molecule has 0 radical (unpaired) electrons. The van der Waals surface area contributed by atoms with E-state index in [1.54, 1.807) is 28.6 Å². The fourth-order valence-corrected chi connectivity index (χ4v) is 7.06. The van der Waals surface area contributed by atoms with Gasteiger partial charge in [0, 0.05) is 24.2 Å². The molecule has 3 aromatic rings. The molecular weight excluding hydrogens is 478 g/mol. The molecule has 4 rings (SSSR count). The molecule has 35 heavy (non-hydrogen) atoms. The van der Waals surface area contributed by atoms with Gasteiger partial charge >= 0.3 is 0 Å². The summed E-state index contributed by atoms with van der Waals surface area (Å²) in [5.74, 6) is -0.121. The Morgan fingerprint density at radius 3 is 2.37 bits per heavy atom. The molecule has 1 aromatic heterocycles. The van der Waals surface area contributed by atoms with E-state index in [0.29, 0.717) is 25.2 Å². The maximum atomic E-state index is 13.1. The third kappa shape index (κ3) is 5.71. The zero-order valence-corrected chi connectivity index (χ0v) is 22.4. The van der Waals surface area contributed by atoms with E-state index in [1.807, 2.05) is 13.0 Å². The molecule has 1 N–H and O–H groups in total. The van der Waals surface area contributed by atoms with Crippen LogP contribution in [0.1, 0.15) is 49.3 Å². The average molecular weight is 512 g/mol. The lowest BCUT2D eigenvalue weighted by atomic mass is 10.0. The summed E-state index contributed by atoms with van der Waals surface area (Å²) in [6.07, 6.45) is 3.51. The van der Waals surface area contributed by atoms with Gasteiger partial charge < -0.3 is 5.32 Å². The molecule has 186 valence electrons. The molecule has 1 aliphatic rings. The minimum atomic E-state index is -3.49. The van der Waals surface area contributed by atoms with E-state index in [2.05, 4.69) is 38.2 Å². The maximum Gasteiger partial charge on any atom is 0.243 e. The van der Waals surface area contributed by atoms with E-state index in [1.165, 1.54) is 17.3 Å². The van der Waals surface area contributed by atoms with Crippen molar-refractivity contribution in [3.8, 4) is 0 Å². The molecule has 0 aliphatic carbocycles. The van der Waals surface area contributed by atoms with Crippen molar-refractivity contribution < 1.29 is 13.2 Å². The predicted molar refractivity (Wildman–Crippen MR) is 144 cm³/mol. The fourth-order valence-electron chi connectivity index (χ4n) is 4.53. The van der Waals surface area contributed by atoms with Crippen molar-refractivity contribution in [3.63, 3.8) is 0 Å². The number of thioether (sulfide) groups is 1. The van der Waals surface area contributed by atoms with Crippen molar-refractivity contribution in [3.05, 3.63) is 59.2 Å². The monoisotopic (exact) mass is 511 g/mol. The van der Waals surface area contributed by atoms with Crippen LogP contribution in [0.15, 0.2) is 52.4 Å². The summed E-state index contributed by atoms with van der Waals surface area (Å²) in [6, 6.07) is 12.8. The Balaban J connectivity index is 1.47. The van der Waals surface area contributed by atoms with E-state index in [4.69, 9.17) is 4.98 Å². The van der Waals surface area contributed by atoms with Crippen LogP contribution in [0, 0.1) is 20.8 Å². The number of carbonyl (C=O) groups is 1. The normalized spacial score (nSPS) is 15.8. The second kappa shape index (κ2) is 10.7. The van der Waals surface area contributed by atoms with Gasteiger partial charge in [-0.3, -0.25) is 4.79 Å². The number of benzene rings is 2. The number of aromatic nitrogens is 1. The fraction of sp³-hybridized carbons (Fsp3) is 0.407. The molecule has 1 atom stereocenters. The van der Waals surface area contributed by atoms with Crippen LogP contribution >= 0.6 is 11.8 Å². The third-order valence-corrected chi connectivity index (χ3v) is 9.63. The zero-order valence-electron chi connectivity index (χ0n) is 20.8. The van der Waals surface area contributed by atoms with Crippen LogP contribution in [0.4, 0.5) is 5.69 Å². The maximum absolute atomic E-state index is 13.1. The minimum absolute atomic E-state index is 0.121. The molecule has 0 spiro atoms. The Morgan fingerprint density at radius 1 is 1.03 bits per heavy atom. The highest BCUT2D eigenvalue weighted by atomic mass is 32.2. The number of aryl methyl sites for hydroxylation is 3. The minimum Gasteiger partial charge on any atom is -0.325 e. The Hall–Kier alpha value is -2.42. The number of fused-ring (bicyclic) bond motifs is 1. The smallest absolute Gasteiger partial charge is 0.243 e. The van der Waals surface area contributed by atoms with Gasteiger partial charge in [-0.05, 0) is 87.6 Å². The summed E-state index contributed by atoms with van der Waals surface area (Å²) in [7, 11) is -3.49. The van der Waals surface area contributed by atoms with Crippen LogP contribution in [-0.4, -0.2) is 42.0 Å². The highest BCUT2D eigenvalue weighted by Crippen LogP contribution is 2.31. The van der Waals surface area contributed by atoms with Gasteiger partial charge in [0.2, 0.25) is 15.9 Å². The summed E-state index contributed by atoms with van der Waals surface area (Å²) in [6.45, 7) is 9.34. The topological polar surface area (TPSA) is 79.4 Å². The molecule has 1 unspecified atom stereocenters. The molecule has 2 aromatic carbocycles. The number of anilines is 1. The van der Waals surface area contributed by atoms with E-state index in [-0.39, 0.29) is 16.1 Å². The lowest BCUT2D eigenvalue weighted by Gasteiger charge is -2.25. The molecule has 1 amide bonds. The van der Waals surface area contributed by atoms with Crippen LogP contribution in [0.3, 0.4) is 0 Å². The summed E-state index contributed by atoms with van der Waals surface area (Å²) >= 11 is 1.46. The summed E-state index contributed by atoms with van der Waals surface area (Å²) in [5, 5.41) is 4.60. The number of piperidine rings is 1. The molecule has 8 heteroatoms. The van der Waals surface area contributed by atoms with Crippen LogP contribution in [0.2, 0.25) is 0 Å². The van der Waals surface area contributed by atoms with E-state index in [0.717, 1.165) is 46.3 Å². The van der Waals surface area contributed by atoms with Crippen molar-refractivity contribution in [2.24, 2.45) is 0 Å². The second-order valence-corrected chi connectivity index (χ2v) is 12.4. The highest BCUT2D eigenvalue weighted by Gasteiger charge is 2.26. The number of carbonyl (C=O) groups excluding carboxylic acids is 1. The molecule has 1 saturated heterocycles. The number of hydrogen-bond donors (Lipinski definition) is 1. The quantitative estimate of drug-likeness (QED) is 0.403. The predicted octanol–water partition coefficient (Wildman–Crippen LogP) is 5.84. The van der Waals surface area contributed by atoms with Gasteiger partial charge in [-0.25, -0.2) is 13.4 Å². The number of pyridine rings is 1. The lowest BCUT2D eigenvalue weighted by molar-refractivity contribution is -0.115. The molecule has 0 bridgehead atoms. The van der Waals surface area contributed by atoms with Crippen LogP contribution < -0.4 is 5.32 Å². The van der Waals surface area contributed by atoms with Crippen molar-refractivity contribution in [2.75, 3.05) is 18.4 Å². The molecule has 1 fully saturated rings. The SMILES string of the molecule is CCC(Sc1cc(C)c2cc(C)cc(C)c2n1)C(=O)Nc1ccc(S(=O)(=O)N2CCCCC2)cc1. The number of rotatable bonds is 7. The first-order valence-electron chi connectivity index (χ1n) is 12.2. The number of nitrogens with one attached hydrogen (secondary N) is 1. The molecular formula is C27H33N3O3S2. The Kier molecular flexibility index (Phi) is 7.83. The Bertz CT molecular complexity index is 1330. The second-order valence-electron chi connectivity index (χ2n) is 9.25. The van der Waals surface area contributed by atoms with Gasteiger partial charge in [-0.15, -0.1) is 0 Å². The van der Waals surface area contributed by atoms with Crippen molar-refractivity contribution >= 4 is 44.3 Å². The van der Waals surface area contributed by atoms with Gasteiger partial charge in [-0.1, -0.05) is 36.7 Å². The standard InChI is InChI=1S/C27H33N3O3S2/c1-5-24(34-25-17-19(3)23-16-18(2)15-20(4)26(23)29-25)27(31)28-21-9-11-22(12-10-21)35(32,33)30-13-7-6-8-14-30/h9-12,15-17,24H,5-8,13-14H2,1-4H3,(H,28,31). The first-order valence-corrected chi connectivity index (χ1v) is 14.5. The zero-order chi connectivity index (χ0) is 25.2. The molecule has 1 aliphatic heterocycles. The first-order chi connectivity index (χ1) is 16.7. The van der Waals surface area contributed by atoms with E-state index < -0.39 is 10.0 Å². The van der Waals surface area contributed by atoms with Crippen molar-refractivity contribution in [2.45, 2.75) is 68.5 Å². The van der Waals surface area contributed by atoms with E-state index in [9.17, 15) is 13.2 Å². The van der Waals surface area contributed by atoms with Gasteiger partial charge in [0.1, 0.15) is 0 Å². The Morgan fingerprint density at radius 2 is 1.71 bits per heavy atom. The molecule has 2 heterocycles. The van der Waals surface area contributed by atoms with Crippen LogP contribution in [0.25, 0.3) is 10.9 Å².